The van der Waals surface area contributed by atoms with Crippen molar-refractivity contribution in [2.45, 2.75) is 55.1 Å². The lowest BCUT2D eigenvalue weighted by Crippen LogP contribution is -2.54. The van der Waals surface area contributed by atoms with E-state index in [9.17, 15) is 44.1 Å². The first-order valence-electron chi connectivity index (χ1n) is 11.8. The van der Waals surface area contributed by atoms with Gasteiger partial charge in [0.2, 0.25) is 17.7 Å². The molecule has 0 spiro atoms. The molecule has 12 N–H and O–H groups in total. The van der Waals surface area contributed by atoms with E-state index in [4.69, 9.17) is 21.7 Å². The van der Waals surface area contributed by atoms with Gasteiger partial charge in [0.25, 0.3) is 0 Å². The number of rotatable bonds is 17. The predicted octanol–water partition coefficient (Wildman–Crippen LogP) is -2.08. The lowest BCUT2D eigenvalue weighted by Gasteiger charge is -2.27. The quantitative estimate of drug-likeness (QED) is 0.0691. The van der Waals surface area contributed by atoms with E-state index in [2.05, 4.69) is 16.0 Å². The van der Waals surface area contributed by atoms with Crippen LogP contribution in [-0.4, -0.2) is 97.6 Å². The van der Waals surface area contributed by atoms with Gasteiger partial charge in [0.15, 0.2) is 11.5 Å². The second-order valence-electron chi connectivity index (χ2n) is 8.89. The summed E-state index contributed by atoms with van der Waals surface area (Å²) in [7, 11) is 0. The number of carboxylic acid groups (broad SMARTS) is 3. The first kappa shape index (κ1) is 33.9. The SMILES string of the molecule is C[C@@](Cc1cc(O)c(O)c(SC[C@@H](NC(=O)CC[C@H](N)C(=O)O)C(=O)NCC(=O)O)c1)(NC(=O)CCN)C(=O)O. The van der Waals surface area contributed by atoms with E-state index in [0.717, 1.165) is 17.8 Å². The highest BCUT2D eigenvalue weighted by molar-refractivity contribution is 7.99. The Morgan fingerprint density at radius 2 is 1.68 bits per heavy atom. The highest BCUT2D eigenvalue weighted by Gasteiger charge is 2.35. The minimum absolute atomic E-state index is 0.00751. The Labute approximate surface area is 232 Å². The van der Waals surface area contributed by atoms with Crippen LogP contribution in [-0.2, 0) is 35.2 Å². The summed E-state index contributed by atoms with van der Waals surface area (Å²) in [5.41, 5.74) is 9.09. The molecule has 0 aliphatic heterocycles. The molecular weight excluding hydrogens is 554 g/mol. The minimum atomic E-state index is -1.80. The molecular formula is C23H33N5O11S. The highest BCUT2D eigenvalue weighted by Crippen LogP contribution is 2.38. The number of carboxylic acids is 3. The molecule has 0 aromatic heterocycles. The van der Waals surface area contributed by atoms with Gasteiger partial charge in [-0.1, -0.05) is 0 Å². The molecule has 0 saturated heterocycles. The average Bonchev–Trinajstić information content (AvgIpc) is 2.85. The molecule has 0 saturated carbocycles. The molecule has 40 heavy (non-hydrogen) atoms. The van der Waals surface area contributed by atoms with Gasteiger partial charge in [-0.15, -0.1) is 11.8 Å². The number of aliphatic carboxylic acids is 3. The second kappa shape index (κ2) is 15.5. The lowest BCUT2D eigenvalue weighted by atomic mass is 9.92. The van der Waals surface area contributed by atoms with Crippen molar-refractivity contribution >= 4 is 47.4 Å². The number of hydrogen-bond donors (Lipinski definition) is 10. The fourth-order valence-corrected chi connectivity index (χ4v) is 4.32. The molecule has 17 heteroatoms. The zero-order chi connectivity index (χ0) is 30.6. The van der Waals surface area contributed by atoms with Crippen molar-refractivity contribution in [2.75, 3.05) is 18.8 Å². The molecule has 0 aliphatic rings. The number of carbonyl (C=O) groups excluding carboxylic acids is 3. The van der Waals surface area contributed by atoms with Crippen molar-refractivity contribution in [1.82, 2.24) is 16.0 Å². The molecule has 1 rings (SSSR count). The van der Waals surface area contributed by atoms with Gasteiger partial charge in [0.05, 0.1) is 4.90 Å². The minimum Gasteiger partial charge on any atom is -0.504 e. The van der Waals surface area contributed by atoms with Crippen LogP contribution < -0.4 is 27.4 Å². The monoisotopic (exact) mass is 587 g/mol. The molecule has 1 aromatic carbocycles. The van der Waals surface area contributed by atoms with Gasteiger partial charge in [0, 0.05) is 31.6 Å². The molecule has 3 amide bonds. The standard InChI is InChI=1S/C23H33N5O11S/c1-23(22(38)39,28-17(31)4-5-24)8-11-6-14(29)19(34)15(7-11)40-10-13(20(35)26-9-18(32)33)27-16(30)3-2-12(25)21(36)37/h6-7,12-13,29,34H,2-5,8-10,24-25H2,1H3,(H,26,35)(H,27,30)(H,28,31)(H,32,33)(H,36,37)(H,38,39)/t12-,13+,23-/m0/s1. The van der Waals surface area contributed by atoms with Gasteiger partial charge in [0.1, 0.15) is 24.2 Å². The van der Waals surface area contributed by atoms with E-state index in [1.54, 1.807) is 0 Å². The number of amides is 3. The number of carbonyl (C=O) groups is 6. The van der Waals surface area contributed by atoms with Crippen LogP contribution in [0.3, 0.4) is 0 Å². The van der Waals surface area contributed by atoms with Gasteiger partial charge in [-0.05, 0) is 31.0 Å². The Morgan fingerprint density at radius 1 is 1.02 bits per heavy atom. The Hall–Kier alpha value is -4.09. The largest absolute Gasteiger partial charge is 0.504 e. The summed E-state index contributed by atoms with van der Waals surface area (Å²) in [6.45, 7) is 0.479. The summed E-state index contributed by atoms with van der Waals surface area (Å²) in [6.07, 6.45) is -1.03. The van der Waals surface area contributed by atoms with Gasteiger partial charge in [-0.2, -0.15) is 0 Å². The van der Waals surface area contributed by atoms with E-state index in [1.165, 1.54) is 13.0 Å². The number of phenols is 2. The second-order valence-corrected chi connectivity index (χ2v) is 9.95. The molecule has 3 atom stereocenters. The molecule has 0 aliphatic carbocycles. The number of nitrogens with two attached hydrogens (primary N) is 2. The molecule has 1 aromatic rings. The van der Waals surface area contributed by atoms with Crippen LogP contribution in [0.4, 0.5) is 0 Å². The third-order valence-electron chi connectivity index (χ3n) is 5.40. The molecule has 0 radical (unpaired) electrons. The zero-order valence-corrected chi connectivity index (χ0v) is 22.3. The van der Waals surface area contributed by atoms with Crippen LogP contribution in [0, 0.1) is 0 Å². The van der Waals surface area contributed by atoms with Gasteiger partial charge in [-0.3, -0.25) is 24.0 Å². The fourth-order valence-electron chi connectivity index (χ4n) is 3.26. The molecule has 222 valence electrons. The number of hydrogen-bond acceptors (Lipinski definition) is 11. The number of thioether (sulfide) groups is 1. The van der Waals surface area contributed by atoms with E-state index in [-0.39, 0.29) is 48.4 Å². The normalized spacial score (nSPS) is 13.8. The summed E-state index contributed by atoms with van der Waals surface area (Å²) in [6, 6.07) is -0.266. The van der Waals surface area contributed by atoms with Crippen molar-refractivity contribution < 1.29 is 54.3 Å². The first-order chi connectivity index (χ1) is 18.6. The Kier molecular flexibility index (Phi) is 13.1. The van der Waals surface area contributed by atoms with Crippen LogP contribution in [0.25, 0.3) is 0 Å². The number of benzene rings is 1. The molecule has 16 nitrogen and oxygen atoms in total. The van der Waals surface area contributed by atoms with Crippen molar-refractivity contribution in [3.8, 4) is 11.5 Å². The summed E-state index contributed by atoms with van der Waals surface area (Å²) in [4.78, 5) is 70.4. The van der Waals surface area contributed by atoms with Crippen LogP contribution in [0.15, 0.2) is 17.0 Å². The van der Waals surface area contributed by atoms with Crippen LogP contribution in [0.1, 0.15) is 31.7 Å². The van der Waals surface area contributed by atoms with Gasteiger partial charge >= 0.3 is 17.9 Å². The van der Waals surface area contributed by atoms with Crippen molar-refractivity contribution in [2.24, 2.45) is 11.5 Å². The predicted molar refractivity (Wildman–Crippen MR) is 139 cm³/mol. The van der Waals surface area contributed by atoms with E-state index in [1.807, 2.05) is 0 Å². The van der Waals surface area contributed by atoms with Gasteiger partial charge < -0.3 is 53.0 Å². The van der Waals surface area contributed by atoms with Gasteiger partial charge in [-0.25, -0.2) is 4.79 Å². The van der Waals surface area contributed by atoms with Crippen molar-refractivity contribution in [1.29, 1.82) is 0 Å². The Bertz CT molecular complexity index is 1130. The van der Waals surface area contributed by atoms with Crippen LogP contribution in [0.5, 0.6) is 11.5 Å². The van der Waals surface area contributed by atoms with Crippen molar-refractivity contribution in [3.63, 3.8) is 0 Å². The molecule has 0 unspecified atom stereocenters. The fraction of sp³-hybridized carbons (Fsp3) is 0.478. The Morgan fingerprint density at radius 3 is 2.23 bits per heavy atom. The van der Waals surface area contributed by atoms with E-state index < -0.39 is 71.3 Å². The Balaban J connectivity index is 3.14. The third-order valence-corrected chi connectivity index (χ3v) is 6.52. The summed E-state index contributed by atoms with van der Waals surface area (Å²) >= 11 is 0.771. The molecule has 0 bridgehead atoms. The number of nitrogens with one attached hydrogen (secondary N) is 3. The van der Waals surface area contributed by atoms with E-state index in [0.29, 0.717) is 0 Å². The first-order valence-corrected chi connectivity index (χ1v) is 12.8. The maximum Gasteiger partial charge on any atom is 0.329 e. The number of aromatic hydroxyl groups is 2. The summed E-state index contributed by atoms with van der Waals surface area (Å²) in [5, 5.41) is 54.8. The zero-order valence-electron chi connectivity index (χ0n) is 21.5. The summed E-state index contributed by atoms with van der Waals surface area (Å²) in [5.74, 6) is -7.84. The lowest BCUT2D eigenvalue weighted by molar-refractivity contribution is -0.146. The van der Waals surface area contributed by atoms with Crippen LogP contribution >= 0.6 is 11.8 Å². The molecule has 0 fully saturated rings. The highest BCUT2D eigenvalue weighted by atomic mass is 32.2. The van der Waals surface area contributed by atoms with Crippen LogP contribution in [0.2, 0.25) is 0 Å². The maximum absolute atomic E-state index is 12.5. The van der Waals surface area contributed by atoms with Crippen molar-refractivity contribution in [3.05, 3.63) is 17.7 Å². The van der Waals surface area contributed by atoms with E-state index >= 15 is 0 Å². The summed E-state index contributed by atoms with van der Waals surface area (Å²) < 4.78 is 0. The topological polar surface area (TPSA) is 292 Å². The molecule has 0 heterocycles. The third kappa shape index (κ3) is 11.0. The smallest absolute Gasteiger partial charge is 0.329 e. The maximum atomic E-state index is 12.5. The average molecular weight is 588 g/mol. The number of phenolic OH excluding ortho intramolecular Hbond substituents is 2.